The number of likely N-dealkylation sites (tertiary alicyclic amines) is 1. The van der Waals surface area contributed by atoms with Gasteiger partial charge in [-0.1, -0.05) is 13.8 Å². The van der Waals surface area contributed by atoms with Gasteiger partial charge in [0.05, 0.1) is 19.8 Å². The Bertz CT molecular complexity index is 324. The summed E-state index contributed by atoms with van der Waals surface area (Å²) in [4.78, 5) is 9.74. The fourth-order valence-electron chi connectivity index (χ4n) is 3.38. The average molecular weight is 424 g/mol. The van der Waals surface area contributed by atoms with Crippen LogP contribution in [0.2, 0.25) is 0 Å². The van der Waals surface area contributed by atoms with Crippen molar-refractivity contribution in [1.82, 2.24) is 15.1 Å². The summed E-state index contributed by atoms with van der Waals surface area (Å²) in [6, 6.07) is 0. The zero-order valence-corrected chi connectivity index (χ0v) is 16.7. The molecule has 0 radical (unpaired) electrons. The Morgan fingerprint density at radius 3 is 2.41 bits per heavy atom. The first-order chi connectivity index (χ1) is 10.2. The number of hydrogen-bond acceptors (Lipinski definition) is 3. The van der Waals surface area contributed by atoms with Crippen LogP contribution < -0.4 is 5.32 Å². The Morgan fingerprint density at radius 2 is 1.82 bits per heavy atom. The van der Waals surface area contributed by atoms with Crippen LogP contribution in [0.15, 0.2) is 4.99 Å². The second kappa shape index (κ2) is 10.6. The van der Waals surface area contributed by atoms with Gasteiger partial charge in [0.15, 0.2) is 5.96 Å². The van der Waals surface area contributed by atoms with Gasteiger partial charge in [0.1, 0.15) is 0 Å². The molecule has 0 aromatic rings. The van der Waals surface area contributed by atoms with Crippen LogP contribution in [0, 0.1) is 11.8 Å². The largest absolute Gasteiger partial charge is 0.379 e. The maximum Gasteiger partial charge on any atom is 0.193 e. The van der Waals surface area contributed by atoms with Gasteiger partial charge in [0, 0.05) is 39.3 Å². The molecule has 5 nitrogen and oxygen atoms in total. The van der Waals surface area contributed by atoms with Crippen LogP contribution in [0.25, 0.3) is 0 Å². The van der Waals surface area contributed by atoms with E-state index in [0.717, 1.165) is 76.8 Å². The van der Waals surface area contributed by atoms with Crippen LogP contribution in [0.3, 0.4) is 0 Å². The Balaban J connectivity index is 0.00000242. The maximum absolute atomic E-state index is 5.39. The van der Waals surface area contributed by atoms with E-state index in [1.54, 1.807) is 0 Å². The molecule has 2 heterocycles. The lowest BCUT2D eigenvalue weighted by atomic mass is 9.92. The highest BCUT2D eigenvalue weighted by Crippen LogP contribution is 2.20. The van der Waals surface area contributed by atoms with E-state index in [-0.39, 0.29) is 24.0 Å². The lowest BCUT2D eigenvalue weighted by Crippen LogP contribution is -2.48. The minimum atomic E-state index is 0. The van der Waals surface area contributed by atoms with Crippen LogP contribution in [-0.4, -0.2) is 74.8 Å². The summed E-state index contributed by atoms with van der Waals surface area (Å²) < 4.78 is 5.39. The summed E-state index contributed by atoms with van der Waals surface area (Å²) in [5.74, 6) is 2.62. The number of rotatable bonds is 4. The van der Waals surface area contributed by atoms with Crippen molar-refractivity contribution in [2.75, 3.05) is 59.0 Å². The highest BCUT2D eigenvalue weighted by atomic mass is 127. The molecule has 2 atom stereocenters. The van der Waals surface area contributed by atoms with E-state index in [1.165, 1.54) is 6.42 Å². The van der Waals surface area contributed by atoms with E-state index in [1.807, 2.05) is 0 Å². The van der Waals surface area contributed by atoms with Crippen molar-refractivity contribution in [1.29, 1.82) is 0 Å². The first-order valence-corrected chi connectivity index (χ1v) is 8.52. The van der Waals surface area contributed by atoms with Crippen molar-refractivity contribution in [3.8, 4) is 0 Å². The van der Waals surface area contributed by atoms with Gasteiger partial charge in [-0.05, 0) is 25.2 Å². The summed E-state index contributed by atoms with van der Waals surface area (Å²) in [5, 5.41) is 3.46. The molecule has 0 saturated carbocycles. The topological polar surface area (TPSA) is 40.1 Å². The molecular formula is C16H33IN4O. The minimum Gasteiger partial charge on any atom is -0.379 e. The second-order valence-electron chi connectivity index (χ2n) is 6.54. The number of nitrogens with zero attached hydrogens (tertiary/aromatic N) is 3. The number of halogens is 1. The molecule has 0 amide bonds. The normalized spacial score (nSPS) is 27.4. The van der Waals surface area contributed by atoms with E-state index in [9.17, 15) is 0 Å². The van der Waals surface area contributed by atoms with Gasteiger partial charge < -0.3 is 15.0 Å². The Kier molecular flexibility index (Phi) is 9.66. The zero-order chi connectivity index (χ0) is 15.1. The van der Waals surface area contributed by atoms with Crippen molar-refractivity contribution in [2.24, 2.45) is 16.8 Å². The molecule has 0 aliphatic carbocycles. The zero-order valence-electron chi connectivity index (χ0n) is 14.4. The number of guanidine groups is 1. The van der Waals surface area contributed by atoms with Gasteiger partial charge in [-0.3, -0.25) is 9.89 Å². The monoisotopic (exact) mass is 424 g/mol. The maximum atomic E-state index is 5.39. The van der Waals surface area contributed by atoms with Crippen molar-refractivity contribution < 1.29 is 4.74 Å². The van der Waals surface area contributed by atoms with E-state index in [4.69, 9.17) is 9.73 Å². The van der Waals surface area contributed by atoms with Gasteiger partial charge in [-0.2, -0.15) is 0 Å². The number of hydrogen-bond donors (Lipinski definition) is 1. The van der Waals surface area contributed by atoms with Crippen LogP contribution in [-0.2, 0) is 4.74 Å². The molecule has 2 rings (SSSR count). The molecule has 2 fully saturated rings. The smallest absolute Gasteiger partial charge is 0.193 e. The third-order valence-electron chi connectivity index (χ3n) is 4.28. The number of piperidine rings is 1. The predicted octanol–water partition coefficient (Wildman–Crippen LogP) is 1.88. The minimum absolute atomic E-state index is 0. The Hall–Kier alpha value is -0.0800. The fraction of sp³-hybridized carbons (Fsp3) is 0.938. The van der Waals surface area contributed by atoms with E-state index in [2.05, 4.69) is 35.9 Å². The summed E-state index contributed by atoms with van der Waals surface area (Å²) >= 11 is 0. The first kappa shape index (κ1) is 20.0. The Labute approximate surface area is 152 Å². The van der Waals surface area contributed by atoms with E-state index in [0.29, 0.717) is 0 Å². The van der Waals surface area contributed by atoms with E-state index < -0.39 is 0 Å². The third-order valence-corrected chi connectivity index (χ3v) is 4.28. The summed E-state index contributed by atoms with van der Waals surface area (Å²) in [6.07, 6.45) is 1.34. The molecule has 130 valence electrons. The molecule has 0 bridgehead atoms. The number of ether oxygens (including phenoxy) is 1. The molecule has 0 spiro atoms. The van der Waals surface area contributed by atoms with Crippen LogP contribution in [0.1, 0.15) is 27.2 Å². The lowest BCUT2D eigenvalue weighted by molar-refractivity contribution is 0.0394. The molecule has 0 aromatic heterocycles. The highest BCUT2D eigenvalue weighted by Gasteiger charge is 2.23. The first-order valence-electron chi connectivity index (χ1n) is 8.52. The van der Waals surface area contributed by atoms with Crippen LogP contribution >= 0.6 is 24.0 Å². The average Bonchev–Trinajstić information content (AvgIpc) is 2.46. The summed E-state index contributed by atoms with van der Waals surface area (Å²) in [5.41, 5.74) is 0. The standard InChI is InChI=1S/C16H32N4O.HI/c1-4-17-16(20-12-14(2)11-15(3)13-20)18-5-6-19-7-9-21-10-8-19;/h14-15H,4-13H2,1-3H3,(H,17,18);1H. The molecule has 2 aliphatic rings. The highest BCUT2D eigenvalue weighted by molar-refractivity contribution is 14.0. The summed E-state index contributed by atoms with van der Waals surface area (Å²) in [6.45, 7) is 15.8. The van der Waals surface area contributed by atoms with Gasteiger partial charge in [0.25, 0.3) is 0 Å². The Morgan fingerprint density at radius 1 is 1.18 bits per heavy atom. The predicted molar refractivity (Wildman–Crippen MR) is 103 cm³/mol. The quantitative estimate of drug-likeness (QED) is 0.425. The van der Waals surface area contributed by atoms with Gasteiger partial charge in [-0.25, -0.2) is 0 Å². The number of nitrogens with one attached hydrogen (secondary N) is 1. The van der Waals surface area contributed by atoms with Crippen LogP contribution in [0.5, 0.6) is 0 Å². The number of aliphatic imine (C=N–C) groups is 1. The van der Waals surface area contributed by atoms with Gasteiger partial charge in [-0.15, -0.1) is 24.0 Å². The SMILES string of the molecule is CCNC(=NCCN1CCOCC1)N1CC(C)CC(C)C1.I. The molecule has 1 N–H and O–H groups in total. The molecular weight excluding hydrogens is 391 g/mol. The van der Waals surface area contributed by atoms with Crippen molar-refractivity contribution in [3.05, 3.63) is 0 Å². The third kappa shape index (κ3) is 6.58. The number of morpholine rings is 1. The summed E-state index contributed by atoms with van der Waals surface area (Å²) in [7, 11) is 0. The molecule has 6 heteroatoms. The van der Waals surface area contributed by atoms with Crippen molar-refractivity contribution >= 4 is 29.9 Å². The second-order valence-corrected chi connectivity index (χ2v) is 6.54. The van der Waals surface area contributed by atoms with Gasteiger partial charge in [0.2, 0.25) is 0 Å². The molecule has 2 aliphatic heterocycles. The van der Waals surface area contributed by atoms with Crippen LogP contribution in [0.4, 0.5) is 0 Å². The van der Waals surface area contributed by atoms with E-state index >= 15 is 0 Å². The van der Waals surface area contributed by atoms with Gasteiger partial charge >= 0.3 is 0 Å². The van der Waals surface area contributed by atoms with Crippen molar-refractivity contribution in [3.63, 3.8) is 0 Å². The molecule has 22 heavy (non-hydrogen) atoms. The van der Waals surface area contributed by atoms with Crippen molar-refractivity contribution in [2.45, 2.75) is 27.2 Å². The molecule has 2 unspecified atom stereocenters. The lowest BCUT2D eigenvalue weighted by Gasteiger charge is -2.37. The molecule has 2 saturated heterocycles. The fourth-order valence-corrected chi connectivity index (χ4v) is 3.38. The molecule has 0 aromatic carbocycles.